The van der Waals surface area contributed by atoms with Gasteiger partial charge in [-0.1, -0.05) is 0 Å². The van der Waals surface area contributed by atoms with E-state index in [4.69, 9.17) is 14.2 Å². The molecule has 3 rings (SSSR count). The van der Waals surface area contributed by atoms with Gasteiger partial charge in [0.25, 0.3) is 0 Å². The highest BCUT2D eigenvalue weighted by Crippen LogP contribution is 2.38. The van der Waals surface area contributed by atoms with Crippen molar-refractivity contribution in [3.63, 3.8) is 0 Å². The summed E-state index contributed by atoms with van der Waals surface area (Å²) >= 11 is 0. The van der Waals surface area contributed by atoms with Crippen LogP contribution in [-0.4, -0.2) is 54.0 Å². The average molecular weight is 337 g/mol. The number of fused-ring (bicyclic) bond motifs is 2. The molecule has 3 N–H and O–H groups in total. The second-order valence-corrected chi connectivity index (χ2v) is 7.57. The summed E-state index contributed by atoms with van der Waals surface area (Å²) in [7, 11) is 0. The van der Waals surface area contributed by atoms with Crippen LogP contribution in [0.15, 0.2) is 12.1 Å². The maximum atomic E-state index is 10.1. The van der Waals surface area contributed by atoms with Gasteiger partial charge in [0, 0.05) is 36.1 Å². The van der Waals surface area contributed by atoms with E-state index in [1.807, 2.05) is 0 Å². The Morgan fingerprint density at radius 3 is 2.54 bits per heavy atom. The lowest BCUT2D eigenvalue weighted by molar-refractivity contribution is 0.0399. The minimum Gasteiger partial charge on any atom is -0.508 e. The zero-order valence-electron chi connectivity index (χ0n) is 14.5. The second-order valence-electron chi connectivity index (χ2n) is 7.57. The topological polar surface area (TPSA) is 80.2 Å². The van der Waals surface area contributed by atoms with Crippen LogP contribution in [0.5, 0.6) is 11.5 Å². The van der Waals surface area contributed by atoms with Crippen molar-refractivity contribution < 1.29 is 24.4 Å². The van der Waals surface area contributed by atoms with Gasteiger partial charge in [0.05, 0.1) is 12.2 Å². The van der Waals surface area contributed by atoms with Crippen LogP contribution in [-0.2, 0) is 22.3 Å². The summed E-state index contributed by atoms with van der Waals surface area (Å²) in [5.74, 6) is 0.966. The van der Waals surface area contributed by atoms with Crippen LogP contribution in [0.1, 0.15) is 31.9 Å². The molecule has 1 saturated heterocycles. The van der Waals surface area contributed by atoms with Gasteiger partial charge in [0.15, 0.2) is 0 Å². The van der Waals surface area contributed by atoms with Crippen molar-refractivity contribution in [3.8, 4) is 11.5 Å². The number of aliphatic hydroxyl groups excluding tert-OH is 1. The zero-order chi connectivity index (χ0) is 17.3. The monoisotopic (exact) mass is 337 g/mol. The Kier molecular flexibility index (Phi) is 5.01. The van der Waals surface area contributed by atoms with E-state index in [9.17, 15) is 10.2 Å². The third kappa shape index (κ3) is 4.00. The molecule has 1 fully saturated rings. The number of β-amino-alcohol motifs (C(OH)–C–C–N with tert-alkyl or cyclic N) is 1. The van der Waals surface area contributed by atoms with E-state index >= 15 is 0 Å². The van der Waals surface area contributed by atoms with Crippen molar-refractivity contribution in [3.05, 3.63) is 23.3 Å². The number of phenolic OH excluding ortho intramolecular Hbond substituents is 1. The van der Waals surface area contributed by atoms with E-state index in [0.717, 1.165) is 11.1 Å². The summed E-state index contributed by atoms with van der Waals surface area (Å²) in [6, 6.07) is 3.40. The minimum absolute atomic E-state index is 0.000209. The predicted molar refractivity (Wildman–Crippen MR) is 89.4 cm³/mol. The van der Waals surface area contributed by atoms with Crippen LogP contribution in [0, 0.1) is 0 Å². The molecule has 0 aromatic heterocycles. The largest absolute Gasteiger partial charge is 0.508 e. The zero-order valence-corrected chi connectivity index (χ0v) is 14.5. The number of aromatic hydroxyl groups is 1. The van der Waals surface area contributed by atoms with Crippen LogP contribution in [0.25, 0.3) is 0 Å². The Balaban J connectivity index is 1.66. The molecule has 0 bridgehead atoms. The molecule has 1 aliphatic heterocycles. The first-order valence-electron chi connectivity index (χ1n) is 8.46. The highest BCUT2D eigenvalue weighted by Gasteiger charge is 2.37. The molecule has 1 aromatic carbocycles. The van der Waals surface area contributed by atoms with Crippen LogP contribution in [0.4, 0.5) is 0 Å². The molecule has 1 aliphatic carbocycles. The smallest absolute Gasteiger partial charge is 0.147 e. The van der Waals surface area contributed by atoms with Gasteiger partial charge in [-0.05, 0) is 32.9 Å². The van der Waals surface area contributed by atoms with E-state index < -0.39 is 6.10 Å². The van der Waals surface area contributed by atoms with Gasteiger partial charge in [0.1, 0.15) is 31.0 Å². The van der Waals surface area contributed by atoms with Gasteiger partial charge in [0.2, 0.25) is 0 Å². The average Bonchev–Trinajstić information content (AvgIpc) is 2.97. The number of benzene rings is 1. The summed E-state index contributed by atoms with van der Waals surface area (Å²) in [6.07, 6.45) is 0.683. The summed E-state index contributed by atoms with van der Waals surface area (Å²) < 4.78 is 17.0. The molecule has 0 spiro atoms. The Hall–Kier alpha value is -1.34. The Morgan fingerprint density at radius 1 is 1.21 bits per heavy atom. The number of ether oxygens (including phenoxy) is 3. The lowest BCUT2D eigenvalue weighted by Crippen LogP contribution is -2.42. The Labute approximate surface area is 142 Å². The maximum absolute atomic E-state index is 10.1. The highest BCUT2D eigenvalue weighted by atomic mass is 16.7. The molecule has 6 heteroatoms. The van der Waals surface area contributed by atoms with Gasteiger partial charge in [-0.3, -0.25) is 0 Å². The number of nitrogens with one attached hydrogen (secondary N) is 1. The van der Waals surface area contributed by atoms with Crippen molar-refractivity contribution in [2.45, 2.75) is 57.5 Å². The molecule has 0 amide bonds. The molecule has 24 heavy (non-hydrogen) atoms. The van der Waals surface area contributed by atoms with E-state index in [-0.39, 0.29) is 30.1 Å². The molecule has 3 atom stereocenters. The number of phenols is 1. The summed E-state index contributed by atoms with van der Waals surface area (Å²) in [4.78, 5) is 0. The third-order valence-corrected chi connectivity index (χ3v) is 4.45. The molecular weight excluding hydrogens is 310 g/mol. The summed E-state index contributed by atoms with van der Waals surface area (Å²) in [5.41, 5.74) is 1.77. The molecule has 0 saturated carbocycles. The van der Waals surface area contributed by atoms with E-state index in [2.05, 4.69) is 26.1 Å². The van der Waals surface area contributed by atoms with Crippen LogP contribution in [0.2, 0.25) is 0 Å². The normalized spacial score (nSPS) is 24.3. The third-order valence-electron chi connectivity index (χ3n) is 4.45. The summed E-state index contributed by atoms with van der Waals surface area (Å²) in [6.45, 7) is 7.12. The number of hydrogen-bond acceptors (Lipinski definition) is 6. The van der Waals surface area contributed by atoms with Crippen molar-refractivity contribution in [2.24, 2.45) is 0 Å². The van der Waals surface area contributed by atoms with Crippen molar-refractivity contribution in [1.82, 2.24) is 5.32 Å². The SMILES string of the molecule is CC(C)(C)NCC(O)COc1ccc(O)c2c1C[C@@H]1OCO[C@@H]1C2. The van der Waals surface area contributed by atoms with Crippen LogP contribution < -0.4 is 10.1 Å². The lowest BCUT2D eigenvalue weighted by Gasteiger charge is -2.28. The molecule has 134 valence electrons. The van der Waals surface area contributed by atoms with Crippen molar-refractivity contribution in [1.29, 1.82) is 0 Å². The molecule has 1 unspecified atom stereocenters. The van der Waals surface area contributed by atoms with Crippen LogP contribution in [0.3, 0.4) is 0 Å². The molecule has 2 aliphatic rings. The van der Waals surface area contributed by atoms with E-state index in [1.54, 1.807) is 12.1 Å². The Bertz CT molecular complexity index is 584. The summed E-state index contributed by atoms with van der Waals surface area (Å²) in [5, 5.41) is 23.5. The highest BCUT2D eigenvalue weighted by molar-refractivity contribution is 5.50. The number of rotatable bonds is 5. The lowest BCUT2D eigenvalue weighted by atomic mass is 9.86. The first-order valence-corrected chi connectivity index (χ1v) is 8.46. The standard InChI is InChI=1S/C18H27NO5/c1-18(2,3)19-8-11(20)9-22-15-5-4-14(21)12-6-16-17(7-13(12)15)24-10-23-16/h4-5,11,16-17,19-21H,6-10H2,1-3H3/t11?,16-,17+/m1/s1. The molecule has 0 radical (unpaired) electrons. The maximum Gasteiger partial charge on any atom is 0.147 e. The van der Waals surface area contributed by atoms with Crippen LogP contribution >= 0.6 is 0 Å². The van der Waals surface area contributed by atoms with Gasteiger partial charge >= 0.3 is 0 Å². The first kappa shape index (κ1) is 17.5. The Morgan fingerprint density at radius 2 is 1.88 bits per heavy atom. The molecule has 6 nitrogen and oxygen atoms in total. The first-order chi connectivity index (χ1) is 11.3. The molecule has 1 aromatic rings. The number of hydrogen-bond donors (Lipinski definition) is 3. The van der Waals surface area contributed by atoms with Crippen molar-refractivity contribution >= 4 is 0 Å². The van der Waals surface area contributed by atoms with Gasteiger partial charge < -0.3 is 29.7 Å². The van der Waals surface area contributed by atoms with Gasteiger partial charge in [-0.2, -0.15) is 0 Å². The molecular formula is C18H27NO5. The van der Waals surface area contributed by atoms with Gasteiger partial charge in [-0.15, -0.1) is 0 Å². The number of aliphatic hydroxyl groups is 1. The molecule has 1 heterocycles. The predicted octanol–water partition coefficient (Wildman–Crippen LogP) is 1.36. The van der Waals surface area contributed by atoms with E-state index in [1.165, 1.54) is 0 Å². The van der Waals surface area contributed by atoms with Crippen molar-refractivity contribution in [2.75, 3.05) is 19.9 Å². The van der Waals surface area contributed by atoms with E-state index in [0.29, 0.717) is 31.9 Å². The van der Waals surface area contributed by atoms with Gasteiger partial charge in [-0.25, -0.2) is 0 Å². The minimum atomic E-state index is -0.601. The quantitative estimate of drug-likeness (QED) is 0.753. The fourth-order valence-electron chi connectivity index (χ4n) is 3.13. The fraction of sp³-hybridized carbons (Fsp3) is 0.667. The second kappa shape index (κ2) is 6.88. The fourth-order valence-corrected chi connectivity index (χ4v) is 3.13.